The summed E-state index contributed by atoms with van der Waals surface area (Å²) in [6.45, 7) is 3.69. The molecule has 1 amide bonds. The molecule has 0 aliphatic carbocycles. The maximum atomic E-state index is 13.0. The van der Waals surface area contributed by atoms with Gasteiger partial charge in [-0.25, -0.2) is 4.98 Å². The zero-order chi connectivity index (χ0) is 23.4. The Morgan fingerprint density at radius 3 is 2.67 bits per heavy atom. The number of carbonyl (C=O) groups excluding carboxylic acids is 1. The second kappa shape index (κ2) is 9.35. The molecule has 0 saturated carbocycles. The highest BCUT2D eigenvalue weighted by Gasteiger charge is 2.19. The molecule has 1 aromatic carbocycles. The SMILES string of the molecule is CC(C)(O)CNc1cc(-c2ccoc2)c(NC(=O)c2csc(-c3ccncc3)n2)cc1C=N. The van der Waals surface area contributed by atoms with Crippen molar-refractivity contribution in [3.8, 4) is 21.7 Å². The number of anilines is 2. The smallest absolute Gasteiger partial charge is 0.275 e. The molecule has 0 radical (unpaired) electrons. The summed E-state index contributed by atoms with van der Waals surface area (Å²) in [4.78, 5) is 21.5. The van der Waals surface area contributed by atoms with Crippen LogP contribution in [0.15, 0.2) is 65.0 Å². The van der Waals surface area contributed by atoms with Gasteiger partial charge in [-0.1, -0.05) is 0 Å². The highest BCUT2D eigenvalue weighted by molar-refractivity contribution is 7.13. The summed E-state index contributed by atoms with van der Waals surface area (Å²) >= 11 is 1.38. The van der Waals surface area contributed by atoms with Crippen LogP contribution in [-0.4, -0.2) is 39.3 Å². The van der Waals surface area contributed by atoms with E-state index in [9.17, 15) is 9.90 Å². The van der Waals surface area contributed by atoms with E-state index >= 15 is 0 Å². The molecule has 168 valence electrons. The number of hydrogen-bond donors (Lipinski definition) is 4. The Hall–Kier alpha value is -3.82. The van der Waals surface area contributed by atoms with Gasteiger partial charge in [-0.2, -0.15) is 0 Å². The average molecular weight is 462 g/mol. The van der Waals surface area contributed by atoms with Crippen molar-refractivity contribution in [2.45, 2.75) is 19.4 Å². The monoisotopic (exact) mass is 461 g/mol. The van der Waals surface area contributed by atoms with Gasteiger partial charge in [0.25, 0.3) is 5.91 Å². The van der Waals surface area contributed by atoms with E-state index in [4.69, 9.17) is 9.83 Å². The van der Waals surface area contributed by atoms with Crippen molar-refractivity contribution in [2.24, 2.45) is 0 Å². The van der Waals surface area contributed by atoms with Gasteiger partial charge >= 0.3 is 0 Å². The van der Waals surface area contributed by atoms with Crippen molar-refractivity contribution in [2.75, 3.05) is 17.2 Å². The van der Waals surface area contributed by atoms with Gasteiger partial charge in [0.1, 0.15) is 10.7 Å². The van der Waals surface area contributed by atoms with Gasteiger partial charge in [-0.05, 0) is 44.2 Å². The Morgan fingerprint density at radius 1 is 1.21 bits per heavy atom. The minimum atomic E-state index is -0.931. The number of aliphatic hydroxyl groups is 1. The van der Waals surface area contributed by atoms with E-state index in [0.717, 1.165) is 16.1 Å². The van der Waals surface area contributed by atoms with Crippen LogP contribution < -0.4 is 10.6 Å². The molecular weight excluding hydrogens is 438 g/mol. The molecule has 0 unspecified atom stereocenters. The van der Waals surface area contributed by atoms with Gasteiger partial charge in [0.05, 0.1) is 18.1 Å². The number of hydrogen-bond acceptors (Lipinski definition) is 8. The van der Waals surface area contributed by atoms with Gasteiger partial charge < -0.3 is 25.6 Å². The number of pyridine rings is 1. The molecule has 33 heavy (non-hydrogen) atoms. The number of aromatic nitrogens is 2. The van der Waals surface area contributed by atoms with Crippen LogP contribution in [0, 0.1) is 5.41 Å². The largest absolute Gasteiger partial charge is 0.472 e. The predicted molar refractivity (Wildman–Crippen MR) is 130 cm³/mol. The first-order valence-corrected chi connectivity index (χ1v) is 11.1. The fourth-order valence-electron chi connectivity index (χ4n) is 3.15. The van der Waals surface area contributed by atoms with E-state index < -0.39 is 5.60 Å². The summed E-state index contributed by atoms with van der Waals surface area (Å²) in [6, 6.07) is 9.02. The molecular formula is C24H23N5O3S. The third-order valence-corrected chi connectivity index (χ3v) is 5.69. The third-order valence-electron chi connectivity index (χ3n) is 4.80. The molecule has 0 bridgehead atoms. The number of benzene rings is 1. The second-order valence-corrected chi connectivity index (χ2v) is 8.89. The topological polar surface area (TPSA) is 124 Å². The number of nitrogens with zero attached hydrogens (tertiary/aromatic N) is 2. The molecule has 3 aromatic heterocycles. The summed E-state index contributed by atoms with van der Waals surface area (Å²) < 4.78 is 5.24. The minimum Gasteiger partial charge on any atom is -0.472 e. The maximum absolute atomic E-state index is 13.0. The number of rotatable bonds is 8. The maximum Gasteiger partial charge on any atom is 0.275 e. The van der Waals surface area contributed by atoms with E-state index in [0.29, 0.717) is 34.7 Å². The lowest BCUT2D eigenvalue weighted by molar-refractivity contribution is 0.0944. The van der Waals surface area contributed by atoms with Gasteiger partial charge in [0.15, 0.2) is 0 Å². The molecule has 0 aliphatic rings. The molecule has 0 saturated heterocycles. The minimum absolute atomic E-state index is 0.293. The first-order chi connectivity index (χ1) is 15.8. The molecule has 3 heterocycles. The van der Waals surface area contributed by atoms with E-state index in [1.54, 1.807) is 56.3 Å². The van der Waals surface area contributed by atoms with Gasteiger partial charge in [-0.3, -0.25) is 9.78 Å². The summed E-state index contributed by atoms with van der Waals surface area (Å²) in [5.74, 6) is -0.357. The van der Waals surface area contributed by atoms with Crippen LogP contribution in [0.4, 0.5) is 11.4 Å². The first kappa shape index (κ1) is 22.4. The number of furan rings is 1. The summed E-state index contributed by atoms with van der Waals surface area (Å²) in [7, 11) is 0. The average Bonchev–Trinajstić information content (AvgIpc) is 3.50. The number of amides is 1. The van der Waals surface area contributed by atoms with Crippen molar-refractivity contribution in [1.29, 1.82) is 5.41 Å². The van der Waals surface area contributed by atoms with Crippen LogP contribution in [-0.2, 0) is 0 Å². The fraction of sp³-hybridized carbons (Fsp3) is 0.167. The normalized spacial score (nSPS) is 11.2. The molecule has 4 N–H and O–H groups in total. The Balaban J connectivity index is 1.66. The second-order valence-electron chi connectivity index (χ2n) is 8.04. The third kappa shape index (κ3) is 5.33. The zero-order valence-electron chi connectivity index (χ0n) is 18.1. The van der Waals surface area contributed by atoms with Crippen LogP contribution in [0.1, 0.15) is 29.9 Å². The first-order valence-electron chi connectivity index (χ1n) is 10.2. The number of nitrogens with one attached hydrogen (secondary N) is 3. The number of carbonyl (C=O) groups is 1. The lowest BCUT2D eigenvalue weighted by atomic mass is 10.0. The molecule has 4 rings (SSSR count). The van der Waals surface area contributed by atoms with Crippen LogP contribution in [0.5, 0.6) is 0 Å². The standard InChI is InChI=1S/C24H23N5O3S/c1-24(2,31)14-27-19-10-18(16-5-8-32-12-16)20(9-17(19)11-25)28-22(30)21-13-33-23(29-21)15-3-6-26-7-4-15/h3-13,25,27,31H,14H2,1-2H3,(H,28,30). The lowest BCUT2D eigenvalue weighted by Crippen LogP contribution is -2.29. The van der Waals surface area contributed by atoms with Crippen LogP contribution in [0.2, 0.25) is 0 Å². The quantitative estimate of drug-likeness (QED) is 0.277. The number of thiazole rings is 1. The van der Waals surface area contributed by atoms with Crippen molar-refractivity contribution in [3.63, 3.8) is 0 Å². The van der Waals surface area contributed by atoms with Crippen molar-refractivity contribution < 1.29 is 14.3 Å². The van der Waals surface area contributed by atoms with Gasteiger partial charge in [-0.15, -0.1) is 11.3 Å². The summed E-state index contributed by atoms with van der Waals surface area (Å²) in [5.41, 5.74) is 3.49. The van der Waals surface area contributed by atoms with Gasteiger partial charge in [0, 0.05) is 64.2 Å². The molecule has 8 nitrogen and oxygen atoms in total. The van der Waals surface area contributed by atoms with E-state index in [2.05, 4.69) is 20.6 Å². The van der Waals surface area contributed by atoms with E-state index in [1.807, 2.05) is 18.2 Å². The summed E-state index contributed by atoms with van der Waals surface area (Å²) in [5, 5.41) is 26.4. The Morgan fingerprint density at radius 2 is 2.00 bits per heavy atom. The van der Waals surface area contributed by atoms with Crippen LogP contribution in [0.25, 0.3) is 21.7 Å². The molecule has 9 heteroatoms. The predicted octanol–water partition coefficient (Wildman–Crippen LogP) is 4.90. The van der Waals surface area contributed by atoms with Gasteiger partial charge in [0.2, 0.25) is 0 Å². The van der Waals surface area contributed by atoms with Crippen LogP contribution >= 0.6 is 11.3 Å². The van der Waals surface area contributed by atoms with Crippen molar-refractivity contribution in [1.82, 2.24) is 9.97 Å². The van der Waals surface area contributed by atoms with E-state index in [1.165, 1.54) is 17.6 Å². The molecule has 4 aromatic rings. The molecule has 0 fully saturated rings. The highest BCUT2D eigenvalue weighted by atomic mass is 32.1. The van der Waals surface area contributed by atoms with Crippen LogP contribution in [0.3, 0.4) is 0 Å². The Labute approximate surface area is 194 Å². The highest BCUT2D eigenvalue weighted by Crippen LogP contribution is 2.34. The molecule has 0 aliphatic heterocycles. The Kier molecular flexibility index (Phi) is 6.34. The molecule has 0 atom stereocenters. The zero-order valence-corrected chi connectivity index (χ0v) is 18.9. The fourth-order valence-corrected chi connectivity index (χ4v) is 3.96. The van der Waals surface area contributed by atoms with Crippen molar-refractivity contribution in [3.05, 3.63) is 71.9 Å². The van der Waals surface area contributed by atoms with Crippen molar-refractivity contribution >= 4 is 34.8 Å². The lowest BCUT2D eigenvalue weighted by Gasteiger charge is -2.21. The molecule has 0 spiro atoms. The Bertz CT molecular complexity index is 1260. The summed E-state index contributed by atoms with van der Waals surface area (Å²) in [6.07, 6.45) is 7.70. The van der Waals surface area contributed by atoms with E-state index in [-0.39, 0.29) is 5.91 Å².